The number of aliphatic hydroxyl groups excluding tert-OH is 15. The summed E-state index contributed by atoms with van der Waals surface area (Å²) in [6, 6.07) is 0. The molecule has 26 nitrogen and oxygen atoms in total. The normalized spacial score (nSPS) is 54.6. The molecule has 0 amide bonds. The average molecular weight is 1210 g/mol. The Morgan fingerprint density at radius 3 is 1.75 bits per heavy atom. The Morgan fingerprint density at radius 2 is 1.10 bits per heavy atom. The molecule has 482 valence electrons. The Bertz CT molecular complexity index is 2350. The van der Waals surface area contributed by atoms with Crippen LogP contribution in [0.1, 0.15) is 113 Å². The summed E-state index contributed by atoms with van der Waals surface area (Å²) in [6.07, 6.45) is -30.8. The number of hydrogen-bond donors (Lipinski definition) is 15. The van der Waals surface area contributed by atoms with Gasteiger partial charge in [0.2, 0.25) is 6.29 Å². The summed E-state index contributed by atoms with van der Waals surface area (Å²) in [5, 5.41) is 162. The first kappa shape index (κ1) is 65.2. The van der Waals surface area contributed by atoms with Gasteiger partial charge in [-0.25, -0.2) is 0 Å². The van der Waals surface area contributed by atoms with Gasteiger partial charge in [0.05, 0.1) is 50.2 Å². The van der Waals surface area contributed by atoms with Crippen molar-refractivity contribution in [1.82, 2.24) is 0 Å². The highest BCUT2D eigenvalue weighted by Gasteiger charge is 2.71. The molecule has 5 heterocycles. The van der Waals surface area contributed by atoms with Crippen LogP contribution in [0, 0.1) is 50.2 Å². The van der Waals surface area contributed by atoms with Gasteiger partial charge in [-0.3, -0.25) is 4.79 Å². The van der Waals surface area contributed by atoms with E-state index in [0.717, 1.165) is 18.4 Å². The average Bonchev–Trinajstić information content (AvgIpc) is 0.690. The van der Waals surface area contributed by atoms with Gasteiger partial charge in [-0.1, -0.05) is 60.1 Å². The molecule has 5 aliphatic carbocycles. The van der Waals surface area contributed by atoms with Crippen molar-refractivity contribution in [3.05, 3.63) is 11.6 Å². The summed E-state index contributed by atoms with van der Waals surface area (Å²) in [7, 11) is 0. The van der Waals surface area contributed by atoms with E-state index in [4.69, 9.17) is 47.4 Å². The zero-order chi connectivity index (χ0) is 61.3. The fourth-order valence-corrected chi connectivity index (χ4v) is 17.4. The van der Waals surface area contributed by atoms with Crippen molar-refractivity contribution in [1.29, 1.82) is 0 Å². The number of carbonyl (C=O) groups is 1. The van der Waals surface area contributed by atoms with E-state index < -0.39 is 207 Å². The molecule has 0 aromatic rings. The molecule has 0 bridgehead atoms. The van der Waals surface area contributed by atoms with E-state index >= 15 is 4.79 Å². The quantitative estimate of drug-likeness (QED) is 0.0528. The van der Waals surface area contributed by atoms with E-state index in [1.54, 1.807) is 0 Å². The number of rotatable bonds is 12. The van der Waals surface area contributed by atoms with E-state index in [9.17, 15) is 76.6 Å². The van der Waals surface area contributed by atoms with Crippen molar-refractivity contribution >= 4 is 5.97 Å². The smallest absolute Gasteiger partial charge is 0.315 e. The van der Waals surface area contributed by atoms with E-state index in [1.165, 1.54) is 6.92 Å². The van der Waals surface area contributed by atoms with Crippen molar-refractivity contribution < 1.29 is 129 Å². The molecule has 0 aromatic heterocycles. The molecule has 0 aromatic carbocycles. The van der Waals surface area contributed by atoms with Crippen molar-refractivity contribution in [2.24, 2.45) is 50.2 Å². The molecular weight excluding hydrogens is 1110 g/mol. The lowest BCUT2D eigenvalue weighted by molar-refractivity contribution is -0.378. The standard InChI is InChI=1S/C58H94O26/c1-23-44(81-47-41(71)34(64)26(61)21-75-47)40(70)43(73)48(77-23)82-45-35(65)27(62)22-76-50(45)84-52(74)58-16-15-56(7)24(25(58)17-53(2,3)32(63)18-58)9-10-31-55(6)13-12-33(54(4,5)30(55)11-14-57(31,56)8)80-51-46(39(69)37(67)29(20-60)79-51)83-49-42(72)38(68)36(66)28(19-59)78-49/h9,23,25-51,59-73H,10-22H2,1-8H3/t23-,25-,26+,27-,28+,29+,30-,31+,32-,33-,34-,35-,36+,37+,38-,39-,40-,41+,42+,43+,44-,45+,46+,47-,48-,49-,50-,51-,55-,56+,57+,58+/m0/s1. The molecule has 0 radical (unpaired) electrons. The van der Waals surface area contributed by atoms with Gasteiger partial charge < -0.3 is 124 Å². The second kappa shape index (κ2) is 23.8. The number of carbonyl (C=O) groups excluding carboxylic acids is 1. The Kier molecular flexibility index (Phi) is 18.5. The third-order valence-corrected chi connectivity index (χ3v) is 22.9. The minimum atomic E-state index is -1.89. The molecule has 10 rings (SSSR count). The van der Waals surface area contributed by atoms with Gasteiger partial charge in [-0.05, 0) is 110 Å². The number of allylic oxidation sites excluding steroid dienone is 2. The first-order valence-electron chi connectivity index (χ1n) is 30.1. The lowest BCUT2D eigenvalue weighted by Crippen LogP contribution is -2.67. The Morgan fingerprint density at radius 1 is 0.548 bits per heavy atom. The third-order valence-electron chi connectivity index (χ3n) is 22.9. The molecule has 26 heteroatoms. The minimum Gasteiger partial charge on any atom is -0.432 e. The summed E-state index contributed by atoms with van der Waals surface area (Å²) in [5.41, 5.74) is -2.38. The van der Waals surface area contributed by atoms with Gasteiger partial charge in [0, 0.05) is 0 Å². The number of esters is 1. The fraction of sp³-hybridized carbons (Fsp3) is 0.948. The molecule has 4 saturated carbocycles. The Hall–Kier alpha value is -1.75. The van der Waals surface area contributed by atoms with Gasteiger partial charge in [0.15, 0.2) is 31.3 Å². The van der Waals surface area contributed by atoms with Crippen molar-refractivity contribution in [2.45, 2.75) is 267 Å². The number of aliphatic hydroxyl groups is 15. The molecule has 9 fully saturated rings. The van der Waals surface area contributed by atoms with E-state index in [0.29, 0.717) is 38.5 Å². The van der Waals surface area contributed by atoms with Crippen molar-refractivity contribution in [2.75, 3.05) is 26.4 Å². The summed E-state index contributed by atoms with van der Waals surface area (Å²) in [5.74, 6) is -0.909. The Labute approximate surface area is 488 Å². The maximum Gasteiger partial charge on any atom is 0.315 e. The zero-order valence-corrected chi connectivity index (χ0v) is 49.1. The molecule has 84 heavy (non-hydrogen) atoms. The van der Waals surface area contributed by atoms with Crippen molar-refractivity contribution in [3.63, 3.8) is 0 Å². The number of ether oxygens (including phenoxy) is 10. The maximum absolute atomic E-state index is 15.4. The minimum absolute atomic E-state index is 0.0506. The second-order valence-electron chi connectivity index (χ2n) is 28.2. The predicted octanol–water partition coefficient (Wildman–Crippen LogP) is -2.93. The number of hydrogen-bond acceptors (Lipinski definition) is 26. The van der Waals surface area contributed by atoms with E-state index in [-0.39, 0.29) is 35.7 Å². The molecule has 32 atom stereocenters. The topological polar surface area (TPSA) is 413 Å². The lowest BCUT2D eigenvalue weighted by Gasteiger charge is -2.71. The van der Waals surface area contributed by atoms with Crippen LogP contribution < -0.4 is 0 Å². The molecule has 10 aliphatic rings. The van der Waals surface area contributed by atoms with Gasteiger partial charge in [-0.2, -0.15) is 0 Å². The Balaban J connectivity index is 0.870. The van der Waals surface area contributed by atoms with Gasteiger partial charge >= 0.3 is 5.97 Å². The second-order valence-corrected chi connectivity index (χ2v) is 28.2. The largest absolute Gasteiger partial charge is 0.432 e. The van der Waals surface area contributed by atoms with Crippen LogP contribution in [0.4, 0.5) is 0 Å². The summed E-state index contributed by atoms with van der Waals surface area (Å²) >= 11 is 0. The number of fused-ring (bicyclic) bond motifs is 7. The van der Waals surface area contributed by atoms with Crippen LogP contribution in [-0.2, 0) is 52.2 Å². The SMILES string of the molecule is C[C@@H]1O[C@@H](O[C@H]2[C@H](OC(=O)[C@@]34CC[C@]5(C)C(=CC[C@@H]6[C@@]7(C)CC[C@H](O[C@@H]8O[C@H](CO)[C@@H](O)[C@H](O)[C@H]8O[C@@H]8O[C@H](CO)[C@@H](O)[C@H](O)[C@H]8O)C(C)(C)[C@@H]7CC[C@]65C)[C@@H]3CC(C)(C)[C@@H](O)C4)OC[C@H](O)[C@@H]2O)[C@H](O)[C@H](O)[C@H]1O[C@@H]1OC[C@@H](O)[C@H](O)[C@H]1O. The van der Waals surface area contributed by atoms with Crippen LogP contribution in [0.15, 0.2) is 11.6 Å². The summed E-state index contributed by atoms with van der Waals surface area (Å²) < 4.78 is 59.9. The van der Waals surface area contributed by atoms with Crippen LogP contribution in [0.2, 0.25) is 0 Å². The van der Waals surface area contributed by atoms with Crippen LogP contribution in [0.25, 0.3) is 0 Å². The summed E-state index contributed by atoms with van der Waals surface area (Å²) in [4.78, 5) is 15.4. The highest BCUT2D eigenvalue weighted by molar-refractivity contribution is 5.79. The van der Waals surface area contributed by atoms with Crippen LogP contribution in [0.5, 0.6) is 0 Å². The molecule has 15 N–H and O–H groups in total. The maximum atomic E-state index is 15.4. The fourth-order valence-electron chi connectivity index (χ4n) is 17.4. The molecule has 0 unspecified atom stereocenters. The van der Waals surface area contributed by atoms with Crippen molar-refractivity contribution in [3.8, 4) is 0 Å². The highest BCUT2D eigenvalue weighted by Crippen LogP contribution is 2.76. The first-order chi connectivity index (χ1) is 39.3. The molecular formula is C58H94O26. The third kappa shape index (κ3) is 10.7. The van der Waals surface area contributed by atoms with E-state index in [2.05, 4.69) is 40.7 Å². The predicted molar refractivity (Wildman–Crippen MR) is 283 cm³/mol. The monoisotopic (exact) mass is 1210 g/mol. The molecule has 5 saturated heterocycles. The molecule has 0 spiro atoms. The lowest BCUT2D eigenvalue weighted by atomic mass is 9.33. The van der Waals surface area contributed by atoms with Crippen LogP contribution >= 0.6 is 0 Å². The highest BCUT2D eigenvalue weighted by atomic mass is 16.8. The molecule has 5 aliphatic heterocycles. The summed E-state index contributed by atoms with van der Waals surface area (Å²) in [6.45, 7) is 14.5. The van der Waals surface area contributed by atoms with Gasteiger partial charge in [0.1, 0.15) is 97.7 Å². The first-order valence-corrected chi connectivity index (χ1v) is 30.1. The zero-order valence-electron chi connectivity index (χ0n) is 49.1. The van der Waals surface area contributed by atoms with Gasteiger partial charge in [0.25, 0.3) is 0 Å². The van der Waals surface area contributed by atoms with E-state index in [1.807, 2.05) is 13.8 Å². The van der Waals surface area contributed by atoms with Gasteiger partial charge in [-0.15, -0.1) is 0 Å². The van der Waals surface area contributed by atoms with Crippen LogP contribution in [0.3, 0.4) is 0 Å². The van der Waals surface area contributed by atoms with Crippen LogP contribution in [-0.4, -0.2) is 263 Å².